The highest BCUT2D eigenvalue weighted by Crippen LogP contribution is 2.38. The van der Waals surface area contributed by atoms with Crippen molar-refractivity contribution < 1.29 is 38.1 Å². The predicted molar refractivity (Wildman–Crippen MR) is 81.8 cm³/mol. The van der Waals surface area contributed by atoms with Crippen molar-refractivity contribution in [3.05, 3.63) is 12.3 Å². The van der Waals surface area contributed by atoms with Crippen LogP contribution in [0.1, 0.15) is 34.6 Å². The Labute approximate surface area is 141 Å². The van der Waals surface area contributed by atoms with Crippen LogP contribution in [0, 0.1) is 0 Å². The van der Waals surface area contributed by atoms with Gasteiger partial charge in [0.2, 0.25) is 5.60 Å². The number of allylic oxidation sites excluding steroid dienone is 1. The third-order valence-corrected chi connectivity index (χ3v) is 3.44. The fourth-order valence-electron chi connectivity index (χ4n) is 2.61. The van der Waals surface area contributed by atoms with Gasteiger partial charge in [0.05, 0.1) is 11.9 Å². The van der Waals surface area contributed by atoms with E-state index in [1.54, 1.807) is 13.8 Å². The van der Waals surface area contributed by atoms with E-state index in [2.05, 4.69) is 6.58 Å². The second kappa shape index (κ2) is 8.14. The fourth-order valence-corrected chi connectivity index (χ4v) is 2.61. The van der Waals surface area contributed by atoms with Gasteiger partial charge in [-0.05, 0) is 13.8 Å². The van der Waals surface area contributed by atoms with Gasteiger partial charge < -0.3 is 23.7 Å². The molecule has 0 saturated carbocycles. The molecule has 0 unspecified atom stereocenters. The highest BCUT2D eigenvalue weighted by molar-refractivity contribution is 5.68. The molecule has 1 saturated heterocycles. The van der Waals surface area contributed by atoms with Gasteiger partial charge in [0.25, 0.3) is 0 Å². The Morgan fingerprint density at radius 1 is 1.04 bits per heavy atom. The summed E-state index contributed by atoms with van der Waals surface area (Å²) in [6.45, 7) is 10.3. The average Bonchev–Trinajstić information content (AvgIpc) is 2.67. The van der Waals surface area contributed by atoms with Crippen LogP contribution in [-0.4, -0.2) is 55.0 Å². The molecule has 0 radical (unpaired) electrons. The molecule has 24 heavy (non-hydrogen) atoms. The Morgan fingerprint density at radius 2 is 1.67 bits per heavy atom. The van der Waals surface area contributed by atoms with Gasteiger partial charge in [-0.3, -0.25) is 14.4 Å². The van der Waals surface area contributed by atoms with E-state index in [0.29, 0.717) is 5.76 Å². The first-order chi connectivity index (χ1) is 11.1. The Morgan fingerprint density at radius 3 is 2.12 bits per heavy atom. The predicted octanol–water partition coefficient (Wildman–Crippen LogP) is 1.12. The summed E-state index contributed by atoms with van der Waals surface area (Å²) in [5, 5.41) is 0. The Hall–Kier alpha value is -2.09. The summed E-state index contributed by atoms with van der Waals surface area (Å²) in [5.41, 5.74) is -1.45. The molecular formula is C16H24O8. The maximum atomic E-state index is 11.7. The molecule has 0 N–H and O–H groups in total. The van der Waals surface area contributed by atoms with Gasteiger partial charge >= 0.3 is 17.9 Å². The minimum atomic E-state index is -1.45. The van der Waals surface area contributed by atoms with Crippen molar-refractivity contribution in [3.63, 3.8) is 0 Å². The minimum absolute atomic E-state index is 0.157. The second-order valence-corrected chi connectivity index (χ2v) is 5.70. The molecule has 1 heterocycles. The molecule has 0 amide bonds. The molecule has 0 aromatic carbocycles. The zero-order valence-electron chi connectivity index (χ0n) is 14.6. The molecule has 1 aliphatic rings. The standard InChI is InChI=1S/C16H24O8/c1-9(2)21-8-16(24-13(6)19)14(7-20-11(4)17)22-10(3)15(16)23-12(5)18/h10,14-15H,1,7-8H2,2-6H3/t10-,14+,15-,16-/m0/s1. The summed E-state index contributed by atoms with van der Waals surface area (Å²) in [4.78, 5) is 34.3. The van der Waals surface area contributed by atoms with Crippen molar-refractivity contribution in [1.82, 2.24) is 0 Å². The van der Waals surface area contributed by atoms with E-state index < -0.39 is 41.8 Å². The van der Waals surface area contributed by atoms with Crippen LogP contribution in [0.15, 0.2) is 12.3 Å². The number of ether oxygens (including phenoxy) is 5. The lowest BCUT2D eigenvalue weighted by atomic mass is 9.91. The zero-order chi connectivity index (χ0) is 18.5. The van der Waals surface area contributed by atoms with Crippen molar-refractivity contribution in [2.24, 2.45) is 0 Å². The number of rotatable bonds is 7. The smallest absolute Gasteiger partial charge is 0.303 e. The van der Waals surface area contributed by atoms with Crippen LogP contribution in [0.5, 0.6) is 0 Å². The number of esters is 3. The molecule has 0 aliphatic carbocycles. The van der Waals surface area contributed by atoms with Crippen LogP contribution < -0.4 is 0 Å². The van der Waals surface area contributed by atoms with Gasteiger partial charge in [0, 0.05) is 20.8 Å². The van der Waals surface area contributed by atoms with E-state index in [1.165, 1.54) is 20.8 Å². The molecule has 0 bridgehead atoms. The van der Waals surface area contributed by atoms with Crippen LogP contribution in [0.2, 0.25) is 0 Å². The highest BCUT2D eigenvalue weighted by atomic mass is 16.7. The summed E-state index contributed by atoms with van der Waals surface area (Å²) >= 11 is 0. The summed E-state index contributed by atoms with van der Waals surface area (Å²) in [5.74, 6) is -1.30. The van der Waals surface area contributed by atoms with Crippen molar-refractivity contribution in [3.8, 4) is 0 Å². The molecule has 1 aliphatic heterocycles. The maximum absolute atomic E-state index is 11.7. The molecule has 8 heteroatoms. The lowest BCUT2D eigenvalue weighted by molar-refractivity contribution is -0.195. The van der Waals surface area contributed by atoms with Gasteiger partial charge in [0.1, 0.15) is 19.3 Å². The molecule has 1 rings (SSSR count). The van der Waals surface area contributed by atoms with Gasteiger partial charge in [0.15, 0.2) is 6.10 Å². The Bertz CT molecular complexity index is 514. The Balaban J connectivity index is 3.21. The van der Waals surface area contributed by atoms with Crippen molar-refractivity contribution >= 4 is 17.9 Å². The van der Waals surface area contributed by atoms with Gasteiger partial charge in [-0.2, -0.15) is 0 Å². The summed E-state index contributed by atoms with van der Waals surface area (Å²) < 4.78 is 27.0. The lowest BCUT2D eigenvalue weighted by Gasteiger charge is -2.36. The molecule has 0 spiro atoms. The lowest BCUT2D eigenvalue weighted by Crippen LogP contribution is -2.57. The highest BCUT2D eigenvalue weighted by Gasteiger charge is 2.61. The monoisotopic (exact) mass is 344 g/mol. The first-order valence-corrected chi connectivity index (χ1v) is 7.52. The third-order valence-electron chi connectivity index (χ3n) is 3.44. The van der Waals surface area contributed by atoms with Crippen molar-refractivity contribution in [2.45, 2.75) is 58.5 Å². The van der Waals surface area contributed by atoms with Crippen molar-refractivity contribution in [1.29, 1.82) is 0 Å². The van der Waals surface area contributed by atoms with Crippen LogP contribution in [-0.2, 0) is 38.1 Å². The van der Waals surface area contributed by atoms with E-state index >= 15 is 0 Å². The minimum Gasteiger partial charge on any atom is -0.494 e. The molecule has 0 aromatic rings. The number of hydrogen-bond acceptors (Lipinski definition) is 8. The summed E-state index contributed by atoms with van der Waals surface area (Å²) in [6.07, 6.45) is -2.37. The summed E-state index contributed by atoms with van der Waals surface area (Å²) in [7, 11) is 0. The molecular weight excluding hydrogens is 320 g/mol. The van der Waals surface area contributed by atoms with E-state index in [9.17, 15) is 14.4 Å². The van der Waals surface area contributed by atoms with Crippen LogP contribution in [0.25, 0.3) is 0 Å². The van der Waals surface area contributed by atoms with Gasteiger partial charge in [-0.15, -0.1) is 0 Å². The quantitative estimate of drug-likeness (QED) is 0.385. The maximum Gasteiger partial charge on any atom is 0.303 e. The van der Waals surface area contributed by atoms with Crippen LogP contribution in [0.4, 0.5) is 0 Å². The SMILES string of the molecule is C=C(C)OC[C@]1(OC(C)=O)[C@@H](COC(C)=O)O[C@@H](C)[C@@H]1OC(C)=O. The molecule has 4 atom stereocenters. The third kappa shape index (κ3) is 4.95. The Kier molecular flexibility index (Phi) is 6.77. The first kappa shape index (κ1) is 20.0. The van der Waals surface area contributed by atoms with E-state index in [4.69, 9.17) is 23.7 Å². The van der Waals surface area contributed by atoms with E-state index in [1.807, 2.05) is 0 Å². The summed E-state index contributed by atoms with van der Waals surface area (Å²) in [6, 6.07) is 0. The van der Waals surface area contributed by atoms with Crippen LogP contribution in [0.3, 0.4) is 0 Å². The van der Waals surface area contributed by atoms with E-state index in [0.717, 1.165) is 0 Å². The van der Waals surface area contributed by atoms with E-state index in [-0.39, 0.29) is 13.2 Å². The zero-order valence-corrected chi connectivity index (χ0v) is 14.6. The van der Waals surface area contributed by atoms with Gasteiger partial charge in [-0.1, -0.05) is 6.58 Å². The molecule has 8 nitrogen and oxygen atoms in total. The number of carbonyl (C=O) groups is 3. The second-order valence-electron chi connectivity index (χ2n) is 5.70. The molecule has 0 aromatic heterocycles. The largest absolute Gasteiger partial charge is 0.494 e. The topological polar surface area (TPSA) is 97.4 Å². The number of hydrogen-bond donors (Lipinski definition) is 0. The molecule has 136 valence electrons. The molecule has 1 fully saturated rings. The normalized spacial score (nSPS) is 28.8. The first-order valence-electron chi connectivity index (χ1n) is 7.52. The van der Waals surface area contributed by atoms with Gasteiger partial charge in [-0.25, -0.2) is 0 Å². The fraction of sp³-hybridized carbons (Fsp3) is 0.688. The van der Waals surface area contributed by atoms with Crippen LogP contribution >= 0.6 is 0 Å². The van der Waals surface area contributed by atoms with Crippen molar-refractivity contribution in [2.75, 3.05) is 13.2 Å². The average molecular weight is 344 g/mol. The number of carbonyl (C=O) groups excluding carboxylic acids is 3.